The minimum Gasteiger partial charge on any atom is -0.496 e. The number of amides is 2. The molecule has 2 aromatic rings. The highest BCUT2D eigenvalue weighted by molar-refractivity contribution is 7.91. The molecule has 0 aliphatic rings. The van der Waals surface area contributed by atoms with Crippen molar-refractivity contribution in [3.8, 4) is 5.75 Å². The van der Waals surface area contributed by atoms with Crippen LogP contribution in [0.4, 0.5) is 10.5 Å². The molecule has 9 nitrogen and oxygen atoms in total. The van der Waals surface area contributed by atoms with Crippen LogP contribution in [0, 0.1) is 0 Å². The monoisotopic (exact) mass is 463 g/mol. The van der Waals surface area contributed by atoms with Crippen molar-refractivity contribution in [1.29, 1.82) is 0 Å². The molecule has 4 N–H and O–H groups in total. The number of hydrogen-bond acceptors (Lipinski definition) is 7. The summed E-state index contributed by atoms with van der Waals surface area (Å²) < 4.78 is 35.8. The number of benzene rings is 2. The van der Waals surface area contributed by atoms with Crippen molar-refractivity contribution in [1.82, 2.24) is 5.32 Å². The number of nitrogens with two attached hydrogens (primary N) is 1. The van der Waals surface area contributed by atoms with Gasteiger partial charge in [0.2, 0.25) is 0 Å². The van der Waals surface area contributed by atoms with Gasteiger partial charge in [-0.1, -0.05) is 44.2 Å². The van der Waals surface area contributed by atoms with E-state index >= 15 is 0 Å². The number of rotatable bonds is 10. The number of nitrogens with one attached hydrogen (secondary N) is 2. The third kappa shape index (κ3) is 6.69. The predicted octanol–water partition coefficient (Wildman–Crippen LogP) is 2.70. The molecule has 0 spiro atoms. The summed E-state index contributed by atoms with van der Waals surface area (Å²) in [5.41, 5.74) is 6.59. The molecule has 10 heteroatoms. The summed E-state index contributed by atoms with van der Waals surface area (Å²) in [5.74, 6) is -0.660. The Labute approximate surface area is 188 Å². The number of ether oxygens (including phenoxy) is 2. The molecular formula is C22H29N3O6S. The largest absolute Gasteiger partial charge is 0.496 e. The van der Waals surface area contributed by atoms with Gasteiger partial charge in [0.1, 0.15) is 12.4 Å². The lowest BCUT2D eigenvalue weighted by molar-refractivity contribution is 0.0947. The van der Waals surface area contributed by atoms with E-state index in [9.17, 15) is 18.0 Å². The number of anilines is 1. The minimum atomic E-state index is -3.79. The zero-order valence-electron chi connectivity index (χ0n) is 18.4. The van der Waals surface area contributed by atoms with E-state index in [1.54, 1.807) is 12.1 Å². The Bertz CT molecular complexity index is 1040. The lowest BCUT2D eigenvalue weighted by Crippen LogP contribution is -2.37. The zero-order valence-corrected chi connectivity index (χ0v) is 19.2. The van der Waals surface area contributed by atoms with Gasteiger partial charge in [0.05, 0.1) is 29.0 Å². The lowest BCUT2D eigenvalue weighted by Gasteiger charge is -2.17. The van der Waals surface area contributed by atoms with Gasteiger partial charge in [0, 0.05) is 18.7 Å². The van der Waals surface area contributed by atoms with E-state index < -0.39 is 21.8 Å². The second kappa shape index (κ2) is 11.5. The van der Waals surface area contributed by atoms with Crippen molar-refractivity contribution in [2.75, 3.05) is 24.7 Å². The van der Waals surface area contributed by atoms with Crippen molar-refractivity contribution in [2.45, 2.75) is 37.8 Å². The van der Waals surface area contributed by atoms with Gasteiger partial charge in [0.15, 0.2) is 9.84 Å². The van der Waals surface area contributed by atoms with Crippen molar-refractivity contribution in [3.05, 3.63) is 53.6 Å². The molecule has 0 aliphatic heterocycles. The van der Waals surface area contributed by atoms with Gasteiger partial charge in [-0.25, -0.2) is 13.2 Å². The van der Waals surface area contributed by atoms with Gasteiger partial charge in [-0.3, -0.25) is 10.1 Å². The fourth-order valence-corrected chi connectivity index (χ4v) is 3.80. The molecule has 2 aromatic carbocycles. The first kappa shape index (κ1) is 25.2. The Balaban J connectivity index is 2.32. The average Bonchev–Trinajstić information content (AvgIpc) is 2.81. The molecule has 1 unspecified atom stereocenters. The number of methoxy groups -OCH3 is 1. The second-order valence-corrected chi connectivity index (χ2v) is 9.26. The molecule has 0 aliphatic carbocycles. The second-order valence-electron chi connectivity index (χ2n) is 7.02. The van der Waals surface area contributed by atoms with E-state index in [2.05, 4.69) is 10.6 Å². The van der Waals surface area contributed by atoms with Crippen molar-refractivity contribution in [3.63, 3.8) is 0 Å². The van der Waals surface area contributed by atoms with Gasteiger partial charge in [-0.15, -0.1) is 0 Å². The molecule has 174 valence electrons. The average molecular weight is 464 g/mol. The molecule has 0 fully saturated rings. The van der Waals surface area contributed by atoms with Crippen molar-refractivity contribution in [2.24, 2.45) is 5.73 Å². The highest BCUT2D eigenvalue weighted by Crippen LogP contribution is 2.31. The lowest BCUT2D eigenvalue weighted by atomic mass is 10.1. The highest BCUT2D eigenvalue weighted by Gasteiger charge is 2.24. The zero-order chi connectivity index (χ0) is 23.7. The maximum Gasteiger partial charge on any atom is 0.411 e. The summed E-state index contributed by atoms with van der Waals surface area (Å²) >= 11 is 0. The van der Waals surface area contributed by atoms with E-state index in [4.69, 9.17) is 15.2 Å². The first-order chi connectivity index (χ1) is 15.2. The van der Waals surface area contributed by atoms with E-state index in [1.165, 1.54) is 26.2 Å². The summed E-state index contributed by atoms with van der Waals surface area (Å²) in [4.78, 5) is 24.8. The number of carbonyl (C=O) groups excluding carboxylic acids is 2. The molecule has 2 rings (SSSR count). The van der Waals surface area contributed by atoms with Crippen LogP contribution in [0.15, 0.2) is 47.4 Å². The van der Waals surface area contributed by atoms with Crippen LogP contribution in [0.5, 0.6) is 5.75 Å². The van der Waals surface area contributed by atoms with Gasteiger partial charge in [0.25, 0.3) is 5.91 Å². The van der Waals surface area contributed by atoms with Crippen LogP contribution < -0.4 is 21.1 Å². The summed E-state index contributed by atoms with van der Waals surface area (Å²) in [6, 6.07) is 11.3. The molecule has 0 heterocycles. The Morgan fingerprint density at radius 3 is 2.41 bits per heavy atom. The quantitative estimate of drug-likeness (QED) is 0.493. The Morgan fingerprint density at radius 2 is 1.81 bits per heavy atom. The van der Waals surface area contributed by atoms with Crippen LogP contribution >= 0.6 is 0 Å². The highest BCUT2D eigenvalue weighted by atomic mass is 32.2. The molecule has 0 bridgehead atoms. The summed E-state index contributed by atoms with van der Waals surface area (Å²) in [6.45, 7) is 3.59. The molecule has 1 atom stereocenters. The molecule has 2 amide bonds. The fourth-order valence-electron chi connectivity index (χ4n) is 2.75. The third-order valence-electron chi connectivity index (χ3n) is 4.76. The number of sulfone groups is 1. The van der Waals surface area contributed by atoms with E-state index in [0.29, 0.717) is 6.42 Å². The van der Waals surface area contributed by atoms with Crippen LogP contribution in [-0.2, 0) is 21.2 Å². The molecule has 0 saturated carbocycles. The molecule has 0 saturated heterocycles. The van der Waals surface area contributed by atoms with Gasteiger partial charge in [-0.2, -0.15) is 0 Å². The van der Waals surface area contributed by atoms with E-state index in [0.717, 1.165) is 5.56 Å². The smallest absolute Gasteiger partial charge is 0.411 e. The van der Waals surface area contributed by atoms with Crippen LogP contribution in [0.3, 0.4) is 0 Å². The van der Waals surface area contributed by atoms with Crippen LogP contribution in [0.1, 0.15) is 36.2 Å². The van der Waals surface area contributed by atoms with Gasteiger partial charge >= 0.3 is 6.09 Å². The first-order valence-corrected chi connectivity index (χ1v) is 11.8. The Hall–Kier alpha value is -3.11. The summed E-state index contributed by atoms with van der Waals surface area (Å²) in [7, 11) is -2.45. The SMILES string of the molecule is CCC(N)CNC(=O)c1cc(S(=O)(=O)CC)c(NC(=O)OCc2ccccc2)cc1OC. The van der Waals surface area contributed by atoms with Crippen LogP contribution in [0.2, 0.25) is 0 Å². The van der Waals surface area contributed by atoms with E-state index in [-0.39, 0.29) is 46.8 Å². The standard InChI is InChI=1S/C22H29N3O6S/c1-4-16(23)13-24-21(26)17-11-20(32(28,29)5-2)18(12-19(17)30-3)25-22(27)31-14-15-9-7-6-8-10-15/h6-12,16H,4-5,13-14,23H2,1-3H3,(H,24,26)(H,25,27). The van der Waals surface area contributed by atoms with Crippen LogP contribution in [-0.4, -0.2) is 45.9 Å². The fraction of sp³-hybridized carbons (Fsp3) is 0.364. The minimum absolute atomic E-state index is 0.0117. The Morgan fingerprint density at radius 1 is 1.12 bits per heavy atom. The normalized spacial score (nSPS) is 12.0. The summed E-state index contributed by atoms with van der Waals surface area (Å²) in [6.07, 6.45) is -0.171. The van der Waals surface area contributed by atoms with E-state index in [1.807, 2.05) is 25.1 Å². The van der Waals surface area contributed by atoms with Gasteiger partial charge < -0.3 is 20.5 Å². The molecule has 0 radical (unpaired) electrons. The molecule has 0 aromatic heterocycles. The maximum atomic E-state index is 12.7. The van der Waals surface area contributed by atoms with Gasteiger partial charge in [-0.05, 0) is 18.1 Å². The molecule has 32 heavy (non-hydrogen) atoms. The number of hydrogen-bond donors (Lipinski definition) is 3. The first-order valence-electron chi connectivity index (χ1n) is 10.2. The number of carbonyl (C=O) groups is 2. The predicted molar refractivity (Wildman–Crippen MR) is 122 cm³/mol. The third-order valence-corrected chi connectivity index (χ3v) is 6.53. The maximum absolute atomic E-state index is 12.7. The summed E-state index contributed by atoms with van der Waals surface area (Å²) in [5, 5.41) is 5.12. The molecular weight excluding hydrogens is 434 g/mol. The van der Waals surface area contributed by atoms with Crippen molar-refractivity contribution >= 4 is 27.5 Å². The van der Waals surface area contributed by atoms with Crippen molar-refractivity contribution < 1.29 is 27.5 Å². The van der Waals surface area contributed by atoms with Crippen LogP contribution in [0.25, 0.3) is 0 Å². The topological polar surface area (TPSA) is 137 Å². The Kier molecular flexibility index (Phi) is 9.03.